The SMILES string of the molecule is COc1cc2c(cc1OC)-c1[nH]nc(Nc3cc(F)ccc3F)c1C2. The van der Waals surface area contributed by atoms with E-state index in [9.17, 15) is 8.78 Å². The third-order valence-corrected chi connectivity index (χ3v) is 4.29. The van der Waals surface area contributed by atoms with Gasteiger partial charge in [-0.05, 0) is 29.8 Å². The summed E-state index contributed by atoms with van der Waals surface area (Å²) in [6.07, 6.45) is 0.598. The highest BCUT2D eigenvalue weighted by atomic mass is 19.1. The van der Waals surface area contributed by atoms with Gasteiger partial charge in [-0.2, -0.15) is 5.10 Å². The molecular formula is C18H15F2N3O2. The second kappa shape index (κ2) is 5.77. The minimum absolute atomic E-state index is 0.0421. The number of fused-ring (bicyclic) bond motifs is 3. The van der Waals surface area contributed by atoms with E-state index in [2.05, 4.69) is 15.5 Å². The first-order valence-electron chi connectivity index (χ1n) is 7.65. The summed E-state index contributed by atoms with van der Waals surface area (Å²) in [7, 11) is 3.16. The number of nitrogens with one attached hydrogen (secondary N) is 2. The van der Waals surface area contributed by atoms with E-state index in [0.29, 0.717) is 23.7 Å². The highest BCUT2D eigenvalue weighted by Crippen LogP contribution is 2.44. The summed E-state index contributed by atoms with van der Waals surface area (Å²) >= 11 is 0. The van der Waals surface area contributed by atoms with Crippen LogP contribution in [-0.4, -0.2) is 24.4 Å². The molecule has 1 aliphatic rings. The van der Waals surface area contributed by atoms with Gasteiger partial charge in [-0.3, -0.25) is 5.10 Å². The summed E-state index contributed by atoms with van der Waals surface area (Å²) < 4.78 is 37.9. The zero-order valence-electron chi connectivity index (χ0n) is 13.6. The predicted molar refractivity (Wildman–Crippen MR) is 89.6 cm³/mol. The molecule has 0 saturated heterocycles. The van der Waals surface area contributed by atoms with Crippen molar-refractivity contribution in [2.24, 2.45) is 0 Å². The predicted octanol–water partition coefficient (Wildman–Crippen LogP) is 4.02. The van der Waals surface area contributed by atoms with Crippen LogP contribution in [-0.2, 0) is 6.42 Å². The van der Waals surface area contributed by atoms with Gasteiger partial charge in [0.25, 0.3) is 0 Å². The van der Waals surface area contributed by atoms with Gasteiger partial charge in [-0.25, -0.2) is 8.78 Å². The van der Waals surface area contributed by atoms with Gasteiger partial charge >= 0.3 is 0 Å². The molecule has 4 rings (SSSR count). The zero-order valence-corrected chi connectivity index (χ0v) is 13.6. The molecule has 25 heavy (non-hydrogen) atoms. The molecule has 3 aromatic rings. The molecule has 5 nitrogen and oxygen atoms in total. The number of aromatic nitrogens is 2. The maximum absolute atomic E-state index is 13.9. The molecule has 1 heterocycles. The van der Waals surface area contributed by atoms with Crippen LogP contribution in [0.3, 0.4) is 0 Å². The average Bonchev–Trinajstić information content (AvgIpc) is 3.16. The summed E-state index contributed by atoms with van der Waals surface area (Å²) in [6.45, 7) is 0. The molecule has 0 atom stereocenters. The van der Waals surface area contributed by atoms with Crippen molar-refractivity contribution in [3.05, 3.63) is 53.1 Å². The van der Waals surface area contributed by atoms with Crippen molar-refractivity contribution < 1.29 is 18.3 Å². The molecule has 0 amide bonds. The number of H-pyrrole nitrogens is 1. The van der Waals surface area contributed by atoms with Crippen LogP contribution in [0.25, 0.3) is 11.3 Å². The van der Waals surface area contributed by atoms with E-state index < -0.39 is 11.6 Å². The fourth-order valence-electron chi connectivity index (χ4n) is 3.07. The van der Waals surface area contributed by atoms with Crippen LogP contribution in [0.5, 0.6) is 11.5 Å². The van der Waals surface area contributed by atoms with Crippen LogP contribution in [0.15, 0.2) is 30.3 Å². The maximum atomic E-state index is 13.9. The van der Waals surface area contributed by atoms with Gasteiger partial charge in [-0.15, -0.1) is 0 Å². The third kappa shape index (κ3) is 2.48. The van der Waals surface area contributed by atoms with Crippen molar-refractivity contribution >= 4 is 11.5 Å². The minimum Gasteiger partial charge on any atom is -0.493 e. The fraction of sp³-hybridized carbons (Fsp3) is 0.167. The van der Waals surface area contributed by atoms with Gasteiger partial charge in [-0.1, -0.05) is 0 Å². The molecule has 1 aliphatic carbocycles. The van der Waals surface area contributed by atoms with Crippen LogP contribution in [0, 0.1) is 11.6 Å². The Kier molecular flexibility index (Phi) is 3.56. The minimum atomic E-state index is -0.544. The van der Waals surface area contributed by atoms with Crippen LogP contribution in [0.1, 0.15) is 11.1 Å². The first-order valence-corrected chi connectivity index (χ1v) is 7.65. The Morgan fingerprint density at radius 2 is 1.84 bits per heavy atom. The van der Waals surface area contributed by atoms with E-state index in [1.807, 2.05) is 12.1 Å². The van der Waals surface area contributed by atoms with Crippen molar-refractivity contribution in [1.82, 2.24) is 10.2 Å². The number of hydrogen-bond acceptors (Lipinski definition) is 4. The number of aromatic amines is 1. The molecule has 0 aliphatic heterocycles. The van der Waals surface area contributed by atoms with E-state index in [4.69, 9.17) is 9.47 Å². The lowest BCUT2D eigenvalue weighted by Crippen LogP contribution is -1.98. The number of ether oxygens (including phenoxy) is 2. The zero-order chi connectivity index (χ0) is 17.6. The van der Waals surface area contributed by atoms with Gasteiger partial charge in [0.1, 0.15) is 11.6 Å². The largest absolute Gasteiger partial charge is 0.493 e. The molecule has 0 saturated carbocycles. The topological polar surface area (TPSA) is 59.2 Å². The van der Waals surface area contributed by atoms with Crippen molar-refractivity contribution in [3.63, 3.8) is 0 Å². The van der Waals surface area contributed by atoms with E-state index in [1.54, 1.807) is 14.2 Å². The quantitative estimate of drug-likeness (QED) is 0.588. The maximum Gasteiger partial charge on any atom is 0.161 e. The summed E-state index contributed by atoms with van der Waals surface area (Å²) in [5.74, 6) is 0.666. The highest BCUT2D eigenvalue weighted by Gasteiger charge is 2.27. The fourth-order valence-corrected chi connectivity index (χ4v) is 3.07. The summed E-state index contributed by atoms with van der Waals surface area (Å²) in [5, 5.41) is 10.0. The Morgan fingerprint density at radius 3 is 2.60 bits per heavy atom. The van der Waals surface area contributed by atoms with Crippen LogP contribution >= 0.6 is 0 Å². The molecule has 7 heteroatoms. The van der Waals surface area contributed by atoms with Gasteiger partial charge in [0.15, 0.2) is 17.3 Å². The van der Waals surface area contributed by atoms with Gasteiger partial charge in [0, 0.05) is 23.6 Å². The summed E-state index contributed by atoms with van der Waals surface area (Å²) in [6, 6.07) is 7.04. The molecule has 0 fully saturated rings. The van der Waals surface area contributed by atoms with Gasteiger partial charge < -0.3 is 14.8 Å². The lowest BCUT2D eigenvalue weighted by atomic mass is 10.1. The molecule has 0 unspecified atom stereocenters. The normalized spacial score (nSPS) is 11.8. The number of nitrogens with zero attached hydrogens (tertiary/aromatic N) is 1. The number of halogens is 2. The second-order valence-corrected chi connectivity index (χ2v) is 5.72. The van der Waals surface area contributed by atoms with Crippen molar-refractivity contribution in [2.75, 3.05) is 19.5 Å². The third-order valence-electron chi connectivity index (χ3n) is 4.29. The van der Waals surface area contributed by atoms with E-state index >= 15 is 0 Å². The van der Waals surface area contributed by atoms with Crippen molar-refractivity contribution in [3.8, 4) is 22.8 Å². The molecule has 0 bridgehead atoms. The van der Waals surface area contributed by atoms with E-state index in [-0.39, 0.29) is 5.69 Å². The Labute approximate surface area is 142 Å². The van der Waals surface area contributed by atoms with Gasteiger partial charge in [0.2, 0.25) is 0 Å². The smallest absolute Gasteiger partial charge is 0.161 e. The number of hydrogen-bond donors (Lipinski definition) is 2. The van der Waals surface area contributed by atoms with Crippen LogP contribution < -0.4 is 14.8 Å². The monoisotopic (exact) mass is 343 g/mol. The van der Waals surface area contributed by atoms with E-state index in [1.165, 1.54) is 0 Å². The average molecular weight is 343 g/mol. The Balaban J connectivity index is 1.73. The Morgan fingerprint density at radius 1 is 1.08 bits per heavy atom. The molecule has 128 valence electrons. The van der Waals surface area contributed by atoms with Crippen molar-refractivity contribution in [2.45, 2.75) is 6.42 Å². The molecular weight excluding hydrogens is 328 g/mol. The molecule has 2 N–H and O–H groups in total. The highest BCUT2D eigenvalue weighted by molar-refractivity contribution is 5.81. The molecule has 0 spiro atoms. The molecule has 2 aromatic carbocycles. The Bertz CT molecular complexity index is 969. The first-order chi connectivity index (χ1) is 12.1. The van der Waals surface area contributed by atoms with Crippen LogP contribution in [0.2, 0.25) is 0 Å². The Hall–Kier alpha value is -3.09. The summed E-state index contributed by atoms with van der Waals surface area (Å²) in [5.41, 5.74) is 3.75. The van der Waals surface area contributed by atoms with Crippen LogP contribution in [0.4, 0.5) is 20.3 Å². The van der Waals surface area contributed by atoms with Gasteiger partial charge in [0.05, 0.1) is 25.6 Å². The first kappa shape index (κ1) is 15.4. The molecule has 0 radical (unpaired) electrons. The number of methoxy groups -OCH3 is 2. The van der Waals surface area contributed by atoms with Crippen molar-refractivity contribution in [1.29, 1.82) is 0 Å². The van der Waals surface area contributed by atoms with E-state index in [0.717, 1.165) is 40.6 Å². The lowest BCUT2D eigenvalue weighted by Gasteiger charge is -2.10. The number of anilines is 2. The summed E-state index contributed by atoms with van der Waals surface area (Å²) in [4.78, 5) is 0. The molecule has 1 aromatic heterocycles. The number of rotatable bonds is 4. The second-order valence-electron chi connectivity index (χ2n) is 5.72. The lowest BCUT2D eigenvalue weighted by molar-refractivity contribution is 0.355. The standard InChI is InChI=1S/C18H15F2N3O2/c1-24-15-6-9-5-12-17(11(9)8-16(15)25-2)22-23-18(12)21-14-7-10(19)3-4-13(14)20/h3-4,6-8H,5H2,1-2H3,(H2,21,22,23). The number of benzene rings is 2.